The van der Waals surface area contributed by atoms with Gasteiger partial charge in [-0.05, 0) is 81.5 Å². The molecule has 39 heavy (non-hydrogen) atoms. The Hall–Kier alpha value is -3.19. The van der Waals surface area contributed by atoms with Gasteiger partial charge in [0, 0.05) is 5.25 Å². The summed E-state index contributed by atoms with van der Waals surface area (Å²) in [6, 6.07) is 5.36. The molecule has 0 atom stereocenters. The molecule has 2 heterocycles. The Morgan fingerprint density at radius 1 is 0.897 bits per heavy atom. The second-order valence-corrected chi connectivity index (χ2v) is 10.3. The molecule has 208 valence electrons. The van der Waals surface area contributed by atoms with Gasteiger partial charge in [0.1, 0.15) is 11.6 Å². The summed E-state index contributed by atoms with van der Waals surface area (Å²) in [6.07, 6.45) is -7.53. The number of benzene rings is 2. The molecule has 1 saturated heterocycles. The molecule has 0 radical (unpaired) electrons. The van der Waals surface area contributed by atoms with E-state index in [0.717, 1.165) is 32.1 Å². The number of aromatic nitrogens is 1. The minimum absolute atomic E-state index is 0.0837. The number of pyridine rings is 1. The zero-order valence-electron chi connectivity index (χ0n) is 20.3. The van der Waals surface area contributed by atoms with Crippen molar-refractivity contribution in [2.24, 2.45) is 0 Å². The Bertz CT molecular complexity index is 1340. The summed E-state index contributed by atoms with van der Waals surface area (Å²) in [5.41, 5.74) is -5.55. The van der Waals surface area contributed by atoms with E-state index in [2.05, 4.69) is 9.88 Å². The fraction of sp³-hybridized carbons (Fsp3) is 0.308. The van der Waals surface area contributed by atoms with E-state index in [4.69, 9.17) is 0 Å². The lowest BCUT2D eigenvalue weighted by Gasteiger charge is -2.29. The summed E-state index contributed by atoms with van der Waals surface area (Å²) in [4.78, 5) is 20.3. The van der Waals surface area contributed by atoms with Gasteiger partial charge in [-0.25, -0.2) is 13.8 Å². The largest absolute Gasteiger partial charge is 0.418 e. The van der Waals surface area contributed by atoms with Crippen LogP contribution in [0, 0.1) is 11.6 Å². The number of carbonyl (C=O) groups is 1. The van der Waals surface area contributed by atoms with Gasteiger partial charge < -0.3 is 4.90 Å². The van der Waals surface area contributed by atoms with Crippen molar-refractivity contribution in [1.29, 1.82) is 0 Å². The van der Waals surface area contributed by atoms with Crippen LogP contribution in [0.2, 0.25) is 0 Å². The van der Waals surface area contributed by atoms with Crippen molar-refractivity contribution >= 4 is 29.0 Å². The maximum absolute atomic E-state index is 13.9. The van der Waals surface area contributed by atoms with Crippen LogP contribution in [0.3, 0.4) is 0 Å². The molecule has 0 unspecified atom stereocenters. The lowest BCUT2D eigenvalue weighted by molar-refractivity contribution is -0.138. The van der Waals surface area contributed by atoms with Crippen LogP contribution >= 0.6 is 11.8 Å². The van der Waals surface area contributed by atoms with Gasteiger partial charge in [-0.3, -0.25) is 9.69 Å². The summed E-state index contributed by atoms with van der Waals surface area (Å²) in [7, 11) is 2.00. The number of halogens is 8. The average molecular weight is 576 g/mol. The molecular weight excluding hydrogens is 554 g/mol. The number of amides is 1. The number of likely N-dealkylation sites (tertiary alicyclic amines) is 1. The van der Waals surface area contributed by atoms with Crippen LogP contribution < -0.4 is 4.90 Å². The SMILES string of the molecule is CN1CCC(Sc2ccc(N(C(=O)c3ccc(F)cc3C(F)(F)F)c3ccc(F)cc3C(F)(F)F)cn2)CC1. The summed E-state index contributed by atoms with van der Waals surface area (Å²) in [6.45, 7) is 1.75. The van der Waals surface area contributed by atoms with Crippen LogP contribution in [0.5, 0.6) is 0 Å². The first-order chi connectivity index (χ1) is 18.2. The number of hydrogen-bond acceptors (Lipinski definition) is 4. The van der Waals surface area contributed by atoms with E-state index in [9.17, 15) is 39.9 Å². The van der Waals surface area contributed by atoms with Crippen LogP contribution in [0.1, 0.15) is 34.3 Å². The smallest absolute Gasteiger partial charge is 0.306 e. The normalized spacial score (nSPS) is 15.4. The maximum atomic E-state index is 13.9. The zero-order valence-corrected chi connectivity index (χ0v) is 21.1. The van der Waals surface area contributed by atoms with Crippen molar-refractivity contribution in [3.05, 3.63) is 83.1 Å². The van der Waals surface area contributed by atoms with Crippen LogP contribution in [-0.4, -0.2) is 41.2 Å². The van der Waals surface area contributed by atoms with Crippen LogP contribution in [0.25, 0.3) is 0 Å². The van der Waals surface area contributed by atoms with Crippen LogP contribution in [-0.2, 0) is 12.4 Å². The molecule has 0 spiro atoms. The molecule has 0 aliphatic carbocycles. The highest BCUT2D eigenvalue weighted by atomic mass is 32.2. The minimum atomic E-state index is -5.19. The molecule has 1 aliphatic heterocycles. The van der Waals surface area contributed by atoms with Crippen LogP contribution in [0.15, 0.2) is 59.8 Å². The number of hydrogen-bond donors (Lipinski definition) is 0. The molecule has 1 aliphatic rings. The van der Waals surface area contributed by atoms with E-state index >= 15 is 0 Å². The Morgan fingerprint density at radius 2 is 1.49 bits per heavy atom. The number of rotatable bonds is 5. The van der Waals surface area contributed by atoms with E-state index in [1.54, 1.807) is 0 Å². The number of alkyl halides is 6. The molecule has 0 N–H and O–H groups in total. The highest BCUT2D eigenvalue weighted by molar-refractivity contribution is 7.99. The van der Waals surface area contributed by atoms with Gasteiger partial charge in [-0.1, -0.05) is 0 Å². The van der Waals surface area contributed by atoms with E-state index < -0.39 is 52.3 Å². The second kappa shape index (κ2) is 11.1. The van der Waals surface area contributed by atoms with Gasteiger partial charge in [0.05, 0.1) is 39.3 Å². The van der Waals surface area contributed by atoms with Gasteiger partial charge in [-0.2, -0.15) is 26.3 Å². The standard InChI is InChI=1S/C26H21F8N3OS/c1-36-10-8-18(9-11-36)39-23-7-4-17(14-35-23)37(22-6-3-16(28)13-21(22)26(32,33)34)24(38)19-5-2-15(27)12-20(19)25(29,30)31/h2-7,12-14,18H,8-11H2,1H3. The average Bonchev–Trinajstić information content (AvgIpc) is 2.86. The Labute approximate surface area is 222 Å². The number of carbonyl (C=O) groups excluding carboxylic acids is 1. The molecule has 2 aromatic carbocycles. The fourth-order valence-electron chi connectivity index (χ4n) is 4.20. The number of nitrogens with zero attached hydrogens (tertiary/aromatic N) is 3. The molecule has 0 saturated carbocycles. The molecule has 1 aromatic heterocycles. The maximum Gasteiger partial charge on any atom is 0.418 e. The summed E-state index contributed by atoms with van der Waals surface area (Å²) in [5, 5.41) is 0.744. The molecule has 13 heteroatoms. The van der Waals surface area contributed by atoms with Gasteiger partial charge in [0.15, 0.2) is 0 Å². The molecule has 1 amide bonds. The molecule has 0 bridgehead atoms. The lowest BCUT2D eigenvalue weighted by atomic mass is 10.0. The first kappa shape index (κ1) is 28.8. The Balaban J connectivity index is 1.80. The zero-order chi connectivity index (χ0) is 28.5. The van der Waals surface area contributed by atoms with Crippen molar-refractivity contribution in [1.82, 2.24) is 9.88 Å². The van der Waals surface area contributed by atoms with Gasteiger partial charge >= 0.3 is 12.4 Å². The minimum Gasteiger partial charge on any atom is -0.306 e. The Kier molecular flexibility index (Phi) is 8.22. The summed E-state index contributed by atoms with van der Waals surface area (Å²) >= 11 is 1.44. The van der Waals surface area contributed by atoms with Crippen molar-refractivity contribution in [3.8, 4) is 0 Å². The number of anilines is 2. The predicted molar refractivity (Wildman–Crippen MR) is 130 cm³/mol. The molecule has 4 nitrogen and oxygen atoms in total. The molecule has 4 rings (SSSR count). The fourth-order valence-corrected chi connectivity index (χ4v) is 5.25. The van der Waals surface area contributed by atoms with E-state index in [1.165, 1.54) is 23.9 Å². The quantitative estimate of drug-likeness (QED) is 0.294. The molecule has 1 fully saturated rings. The van der Waals surface area contributed by atoms with E-state index in [1.807, 2.05) is 7.05 Å². The van der Waals surface area contributed by atoms with Gasteiger partial charge in [-0.15, -0.1) is 11.8 Å². The van der Waals surface area contributed by atoms with Crippen molar-refractivity contribution in [2.45, 2.75) is 35.5 Å². The molecular formula is C26H21F8N3OS. The monoisotopic (exact) mass is 575 g/mol. The second-order valence-electron chi connectivity index (χ2n) is 8.96. The van der Waals surface area contributed by atoms with Crippen molar-refractivity contribution < 1.29 is 39.9 Å². The predicted octanol–water partition coefficient (Wildman–Crippen LogP) is 7.56. The molecule has 3 aromatic rings. The number of thioether (sulfide) groups is 1. The summed E-state index contributed by atoms with van der Waals surface area (Å²) in [5.74, 6) is -4.09. The topological polar surface area (TPSA) is 36.4 Å². The summed E-state index contributed by atoms with van der Waals surface area (Å²) < 4.78 is 110. The third-order valence-electron chi connectivity index (χ3n) is 6.16. The van der Waals surface area contributed by atoms with E-state index in [0.29, 0.717) is 34.2 Å². The third kappa shape index (κ3) is 6.70. The van der Waals surface area contributed by atoms with Gasteiger partial charge in [0.25, 0.3) is 5.91 Å². The van der Waals surface area contributed by atoms with Gasteiger partial charge in [0.2, 0.25) is 0 Å². The van der Waals surface area contributed by atoms with Crippen molar-refractivity contribution in [3.63, 3.8) is 0 Å². The highest BCUT2D eigenvalue weighted by Gasteiger charge is 2.40. The Morgan fingerprint density at radius 3 is 2.05 bits per heavy atom. The van der Waals surface area contributed by atoms with Crippen molar-refractivity contribution in [2.75, 3.05) is 25.0 Å². The first-order valence-electron chi connectivity index (χ1n) is 11.6. The first-order valence-corrected chi connectivity index (χ1v) is 12.5. The lowest BCUT2D eigenvalue weighted by Crippen LogP contribution is -2.31. The van der Waals surface area contributed by atoms with E-state index in [-0.39, 0.29) is 23.1 Å². The number of piperidine rings is 1. The highest BCUT2D eigenvalue weighted by Crippen LogP contribution is 2.42. The third-order valence-corrected chi connectivity index (χ3v) is 7.45. The van der Waals surface area contributed by atoms with Crippen LogP contribution in [0.4, 0.5) is 46.5 Å².